The molecule has 0 fully saturated rings. The highest BCUT2D eigenvalue weighted by molar-refractivity contribution is 6.42. The molecule has 0 saturated carbocycles. The number of hydrogen-bond donors (Lipinski definition) is 1. The molecule has 3 aromatic rings. The van der Waals surface area contributed by atoms with Crippen LogP contribution in [0.25, 0.3) is 10.9 Å². The number of amides is 1. The van der Waals surface area contributed by atoms with Gasteiger partial charge in [-0.15, -0.1) is 0 Å². The molecule has 0 bridgehead atoms. The van der Waals surface area contributed by atoms with Crippen molar-refractivity contribution in [3.8, 4) is 0 Å². The number of nitrogens with zero attached hydrogens (tertiary/aromatic N) is 1. The lowest BCUT2D eigenvalue weighted by molar-refractivity contribution is -0.137. The molecule has 0 unspecified atom stereocenters. The van der Waals surface area contributed by atoms with E-state index in [1.807, 2.05) is 0 Å². The van der Waals surface area contributed by atoms with Crippen molar-refractivity contribution in [2.24, 2.45) is 0 Å². The minimum absolute atomic E-state index is 0.182. The molecule has 28 heavy (non-hydrogen) atoms. The fourth-order valence-electron chi connectivity index (χ4n) is 2.77. The number of carbonyl (C=O) groups excluding carboxylic acids is 1. The van der Waals surface area contributed by atoms with Crippen molar-refractivity contribution < 1.29 is 18.0 Å². The van der Waals surface area contributed by atoms with Gasteiger partial charge in [-0.05, 0) is 43.3 Å². The molecule has 9 heteroatoms. The number of alkyl halides is 3. The molecule has 0 aliphatic heterocycles. The molecule has 0 aliphatic rings. The van der Waals surface area contributed by atoms with Crippen molar-refractivity contribution >= 4 is 45.7 Å². The van der Waals surface area contributed by atoms with Crippen LogP contribution in [0.3, 0.4) is 0 Å². The van der Waals surface area contributed by atoms with Gasteiger partial charge >= 0.3 is 6.18 Å². The van der Waals surface area contributed by atoms with Crippen LogP contribution >= 0.6 is 23.2 Å². The highest BCUT2D eigenvalue weighted by Gasteiger charge is 2.31. The highest BCUT2D eigenvalue weighted by atomic mass is 35.5. The summed E-state index contributed by atoms with van der Waals surface area (Å²) in [4.78, 5) is 25.3. The lowest BCUT2D eigenvalue weighted by atomic mass is 10.1. The molecule has 0 saturated heterocycles. The Morgan fingerprint density at radius 3 is 2.43 bits per heavy atom. The van der Waals surface area contributed by atoms with Crippen LogP contribution in [0, 0.1) is 0 Å². The molecule has 1 aromatic heterocycles. The Balaban J connectivity index is 2.11. The van der Waals surface area contributed by atoms with E-state index in [0.29, 0.717) is 22.8 Å². The topological polar surface area (TPSA) is 51.1 Å². The number of nitrogens with one attached hydrogen (secondary N) is 1. The summed E-state index contributed by atoms with van der Waals surface area (Å²) in [5.74, 6) is -0.759. The van der Waals surface area contributed by atoms with E-state index in [1.165, 1.54) is 30.5 Å². The van der Waals surface area contributed by atoms with Gasteiger partial charge < -0.3 is 9.88 Å². The Hall–Kier alpha value is -2.51. The van der Waals surface area contributed by atoms with E-state index in [9.17, 15) is 22.8 Å². The second kappa shape index (κ2) is 7.48. The highest BCUT2D eigenvalue weighted by Crippen LogP contribution is 2.31. The lowest BCUT2D eigenvalue weighted by Crippen LogP contribution is -2.24. The molecule has 0 radical (unpaired) electrons. The molecular formula is C19H13Cl2F3N2O2. The van der Waals surface area contributed by atoms with E-state index in [1.54, 1.807) is 11.5 Å². The van der Waals surface area contributed by atoms with Crippen molar-refractivity contribution in [3.05, 3.63) is 74.0 Å². The number of carbonyl (C=O) groups is 1. The van der Waals surface area contributed by atoms with E-state index in [2.05, 4.69) is 5.32 Å². The molecular weight excluding hydrogens is 416 g/mol. The third-order valence-electron chi connectivity index (χ3n) is 4.17. The van der Waals surface area contributed by atoms with Crippen LogP contribution < -0.4 is 10.7 Å². The standard InChI is InChI=1S/C19H13Cl2F3N2O2/c1-2-26-9-13(18(28)25-11-4-5-14(20)15(21)8-11)17(27)12-7-10(19(22,23)24)3-6-16(12)26/h3-9H,2H2,1H3,(H,25,28). The summed E-state index contributed by atoms with van der Waals surface area (Å²) < 4.78 is 40.6. The second-order valence-corrected chi connectivity index (χ2v) is 6.79. The SMILES string of the molecule is CCn1cc(C(=O)Nc2ccc(Cl)c(Cl)c2)c(=O)c2cc(C(F)(F)F)ccc21. The first-order valence-corrected chi connectivity index (χ1v) is 8.88. The molecule has 1 N–H and O–H groups in total. The van der Waals surface area contributed by atoms with Gasteiger partial charge in [-0.25, -0.2) is 0 Å². The number of fused-ring (bicyclic) bond motifs is 1. The van der Waals surface area contributed by atoms with Gasteiger partial charge in [0.1, 0.15) is 5.56 Å². The Kier molecular flexibility index (Phi) is 5.41. The molecule has 1 heterocycles. The first kappa shape index (κ1) is 20.2. The Morgan fingerprint density at radius 1 is 1.11 bits per heavy atom. The summed E-state index contributed by atoms with van der Waals surface area (Å²) in [6.07, 6.45) is -3.28. The fraction of sp³-hybridized carbons (Fsp3) is 0.158. The summed E-state index contributed by atoms with van der Waals surface area (Å²) in [5.41, 5.74) is -1.41. The first-order valence-electron chi connectivity index (χ1n) is 8.12. The maximum Gasteiger partial charge on any atom is 0.416 e. The summed E-state index contributed by atoms with van der Waals surface area (Å²) in [5, 5.41) is 2.83. The number of aryl methyl sites for hydroxylation is 1. The van der Waals surface area contributed by atoms with Gasteiger partial charge in [0.2, 0.25) is 5.43 Å². The van der Waals surface area contributed by atoms with Crippen LogP contribution in [0.5, 0.6) is 0 Å². The fourth-order valence-corrected chi connectivity index (χ4v) is 3.07. The molecule has 3 rings (SSSR count). The monoisotopic (exact) mass is 428 g/mol. The van der Waals surface area contributed by atoms with Crippen LogP contribution in [0.2, 0.25) is 10.0 Å². The second-order valence-electron chi connectivity index (χ2n) is 5.97. The zero-order chi connectivity index (χ0) is 20.6. The van der Waals surface area contributed by atoms with Crippen molar-refractivity contribution in [3.63, 3.8) is 0 Å². The zero-order valence-electron chi connectivity index (χ0n) is 14.4. The molecule has 1 amide bonds. The van der Waals surface area contributed by atoms with Crippen LogP contribution in [-0.4, -0.2) is 10.5 Å². The quantitative estimate of drug-likeness (QED) is 0.590. The van der Waals surface area contributed by atoms with Crippen LogP contribution in [0.15, 0.2) is 47.4 Å². The number of hydrogen-bond acceptors (Lipinski definition) is 2. The Bertz CT molecular complexity index is 1140. The van der Waals surface area contributed by atoms with Gasteiger partial charge in [0.05, 0.1) is 21.1 Å². The third-order valence-corrected chi connectivity index (χ3v) is 4.91. The lowest BCUT2D eigenvalue weighted by Gasteiger charge is -2.14. The van der Waals surface area contributed by atoms with Gasteiger partial charge in [-0.3, -0.25) is 9.59 Å². The van der Waals surface area contributed by atoms with Crippen LogP contribution in [-0.2, 0) is 12.7 Å². The van der Waals surface area contributed by atoms with E-state index in [-0.39, 0.29) is 16.0 Å². The van der Waals surface area contributed by atoms with E-state index >= 15 is 0 Å². The Morgan fingerprint density at radius 2 is 1.82 bits per heavy atom. The van der Waals surface area contributed by atoms with Crippen molar-refractivity contribution in [2.75, 3.05) is 5.32 Å². The van der Waals surface area contributed by atoms with Gasteiger partial charge in [0.15, 0.2) is 0 Å². The minimum Gasteiger partial charge on any atom is -0.347 e. The van der Waals surface area contributed by atoms with Crippen LogP contribution in [0.1, 0.15) is 22.8 Å². The summed E-state index contributed by atoms with van der Waals surface area (Å²) in [7, 11) is 0. The van der Waals surface area contributed by atoms with E-state index < -0.39 is 23.1 Å². The largest absolute Gasteiger partial charge is 0.416 e. The van der Waals surface area contributed by atoms with Crippen LogP contribution in [0.4, 0.5) is 18.9 Å². The zero-order valence-corrected chi connectivity index (χ0v) is 15.9. The van der Waals surface area contributed by atoms with Crippen molar-refractivity contribution in [2.45, 2.75) is 19.6 Å². The maximum atomic E-state index is 13.0. The molecule has 146 valence electrons. The number of halogens is 5. The normalized spacial score (nSPS) is 11.6. The van der Waals surface area contributed by atoms with Gasteiger partial charge in [0, 0.05) is 23.8 Å². The number of anilines is 1. The molecule has 2 aromatic carbocycles. The first-order chi connectivity index (χ1) is 13.1. The predicted octanol–water partition coefficient (Wildman–Crippen LogP) is 5.60. The van der Waals surface area contributed by atoms with Gasteiger partial charge in [0.25, 0.3) is 5.91 Å². The molecule has 4 nitrogen and oxygen atoms in total. The maximum absolute atomic E-state index is 13.0. The molecule has 0 spiro atoms. The number of pyridine rings is 1. The van der Waals surface area contributed by atoms with E-state index in [0.717, 1.165) is 12.1 Å². The predicted molar refractivity (Wildman–Crippen MR) is 103 cm³/mol. The summed E-state index contributed by atoms with van der Waals surface area (Å²) in [6, 6.07) is 7.27. The Labute approximate surface area is 167 Å². The smallest absolute Gasteiger partial charge is 0.347 e. The minimum atomic E-state index is -4.60. The van der Waals surface area contributed by atoms with E-state index in [4.69, 9.17) is 23.2 Å². The number of rotatable bonds is 3. The summed E-state index contributed by atoms with van der Waals surface area (Å²) in [6.45, 7) is 2.11. The molecule has 0 aliphatic carbocycles. The number of aromatic nitrogens is 1. The van der Waals surface area contributed by atoms with Gasteiger partial charge in [-0.2, -0.15) is 13.2 Å². The average Bonchev–Trinajstić information content (AvgIpc) is 2.64. The van der Waals surface area contributed by atoms with Crippen molar-refractivity contribution in [1.82, 2.24) is 4.57 Å². The van der Waals surface area contributed by atoms with Gasteiger partial charge in [-0.1, -0.05) is 23.2 Å². The molecule has 0 atom stereocenters. The number of benzene rings is 2. The summed E-state index contributed by atoms with van der Waals surface area (Å²) >= 11 is 11.7. The third kappa shape index (κ3) is 3.86. The van der Waals surface area contributed by atoms with Crippen molar-refractivity contribution in [1.29, 1.82) is 0 Å². The average molecular weight is 429 g/mol.